The lowest BCUT2D eigenvalue weighted by Gasteiger charge is -2.16. The first-order valence-electron chi connectivity index (χ1n) is 4.86. The first-order chi connectivity index (χ1) is 6.93. The van der Waals surface area contributed by atoms with Crippen molar-refractivity contribution in [3.05, 3.63) is 27.7 Å². The van der Waals surface area contributed by atoms with Crippen LogP contribution in [0.2, 0.25) is 10.0 Å². The van der Waals surface area contributed by atoms with Crippen molar-refractivity contribution >= 4 is 23.2 Å². The lowest BCUT2D eigenvalue weighted by atomic mass is 9.98. The number of benzene rings is 1. The molecule has 3 N–H and O–H groups in total. The van der Waals surface area contributed by atoms with E-state index in [1.807, 2.05) is 0 Å². The van der Waals surface area contributed by atoms with Crippen LogP contribution in [0.5, 0.6) is 5.75 Å². The summed E-state index contributed by atoms with van der Waals surface area (Å²) in [5, 5.41) is 9.86. The van der Waals surface area contributed by atoms with Crippen molar-refractivity contribution in [2.45, 2.75) is 26.3 Å². The number of phenolic OH excluding ortho intramolecular Hbond substituents is 1. The Hall–Kier alpha value is -0.440. The highest BCUT2D eigenvalue weighted by Gasteiger charge is 2.15. The molecular weight excluding hydrogens is 233 g/mol. The molecule has 0 aliphatic carbocycles. The van der Waals surface area contributed by atoms with Gasteiger partial charge in [0, 0.05) is 6.04 Å². The molecule has 0 spiro atoms. The largest absolute Gasteiger partial charge is 0.506 e. The minimum absolute atomic E-state index is 0.0119. The summed E-state index contributed by atoms with van der Waals surface area (Å²) in [6, 6.07) is 3.09. The summed E-state index contributed by atoms with van der Waals surface area (Å²) in [7, 11) is 0. The molecule has 0 aliphatic heterocycles. The van der Waals surface area contributed by atoms with E-state index in [1.165, 1.54) is 6.07 Å². The van der Waals surface area contributed by atoms with Crippen LogP contribution in [0.3, 0.4) is 0 Å². The van der Waals surface area contributed by atoms with Gasteiger partial charge in [-0.15, -0.1) is 0 Å². The van der Waals surface area contributed by atoms with Gasteiger partial charge in [-0.05, 0) is 24.0 Å². The van der Waals surface area contributed by atoms with Crippen LogP contribution in [-0.4, -0.2) is 5.11 Å². The maximum atomic E-state index is 9.33. The van der Waals surface area contributed by atoms with Gasteiger partial charge in [-0.2, -0.15) is 0 Å². The van der Waals surface area contributed by atoms with E-state index in [0.717, 1.165) is 12.0 Å². The maximum Gasteiger partial charge on any atom is 0.135 e. The Kier molecular flexibility index (Phi) is 4.26. The second-order valence-corrected chi connectivity index (χ2v) is 4.79. The summed E-state index contributed by atoms with van der Waals surface area (Å²) in [6.07, 6.45) is 0.834. The van der Waals surface area contributed by atoms with Crippen molar-refractivity contribution < 1.29 is 5.11 Å². The Morgan fingerprint density at radius 1 is 1.27 bits per heavy atom. The molecular formula is C11H15Cl2NO. The summed E-state index contributed by atoms with van der Waals surface area (Å²) in [5.74, 6) is 0.478. The van der Waals surface area contributed by atoms with E-state index in [-0.39, 0.29) is 16.8 Å². The molecule has 84 valence electrons. The number of aromatic hydroxyl groups is 1. The van der Waals surface area contributed by atoms with Gasteiger partial charge in [0.05, 0.1) is 5.02 Å². The first kappa shape index (κ1) is 12.6. The molecule has 1 atom stereocenters. The van der Waals surface area contributed by atoms with Crippen molar-refractivity contribution in [2.75, 3.05) is 0 Å². The van der Waals surface area contributed by atoms with Crippen molar-refractivity contribution in [3.63, 3.8) is 0 Å². The quantitative estimate of drug-likeness (QED) is 0.855. The molecule has 0 aliphatic rings. The Morgan fingerprint density at radius 3 is 2.40 bits per heavy atom. The zero-order valence-electron chi connectivity index (χ0n) is 8.80. The lowest BCUT2D eigenvalue weighted by molar-refractivity contribution is 0.474. The molecule has 4 heteroatoms. The van der Waals surface area contributed by atoms with Gasteiger partial charge in [0.2, 0.25) is 0 Å². The van der Waals surface area contributed by atoms with E-state index in [2.05, 4.69) is 13.8 Å². The third kappa shape index (κ3) is 3.00. The van der Waals surface area contributed by atoms with Gasteiger partial charge in [-0.3, -0.25) is 0 Å². The highest BCUT2D eigenvalue weighted by Crippen LogP contribution is 2.37. The highest BCUT2D eigenvalue weighted by molar-refractivity contribution is 6.43. The van der Waals surface area contributed by atoms with Gasteiger partial charge < -0.3 is 10.8 Å². The molecule has 2 nitrogen and oxygen atoms in total. The summed E-state index contributed by atoms with van der Waals surface area (Å²) < 4.78 is 0. The zero-order chi connectivity index (χ0) is 11.6. The van der Waals surface area contributed by atoms with Crippen LogP contribution < -0.4 is 5.73 Å². The van der Waals surface area contributed by atoms with Gasteiger partial charge in [-0.1, -0.05) is 43.1 Å². The number of hydrogen-bond donors (Lipinski definition) is 2. The molecule has 0 bridgehead atoms. The van der Waals surface area contributed by atoms with Gasteiger partial charge in [0.1, 0.15) is 10.8 Å². The maximum absolute atomic E-state index is 9.33. The minimum atomic E-state index is -0.143. The second-order valence-electron chi connectivity index (χ2n) is 4.04. The van der Waals surface area contributed by atoms with Crippen LogP contribution in [0.15, 0.2) is 12.1 Å². The standard InChI is InChI=1S/C11H15Cl2NO/c1-6(2)5-8(14)7-3-4-9(15)11(13)10(7)12/h3-4,6,8,15H,5,14H2,1-2H3. The fourth-order valence-electron chi connectivity index (χ4n) is 1.48. The highest BCUT2D eigenvalue weighted by atomic mass is 35.5. The molecule has 0 heterocycles. The number of rotatable bonds is 3. The van der Waals surface area contributed by atoms with Gasteiger partial charge >= 0.3 is 0 Å². The molecule has 1 aromatic rings. The zero-order valence-corrected chi connectivity index (χ0v) is 10.3. The van der Waals surface area contributed by atoms with Crippen LogP contribution in [0.4, 0.5) is 0 Å². The van der Waals surface area contributed by atoms with Crippen LogP contribution >= 0.6 is 23.2 Å². The molecule has 0 radical (unpaired) electrons. The number of hydrogen-bond acceptors (Lipinski definition) is 2. The molecule has 1 rings (SSSR count). The van der Waals surface area contributed by atoms with E-state index < -0.39 is 0 Å². The van der Waals surface area contributed by atoms with Gasteiger partial charge in [0.25, 0.3) is 0 Å². The molecule has 1 unspecified atom stereocenters. The van der Waals surface area contributed by atoms with Crippen LogP contribution in [-0.2, 0) is 0 Å². The lowest BCUT2D eigenvalue weighted by Crippen LogP contribution is -2.13. The smallest absolute Gasteiger partial charge is 0.135 e. The summed E-state index contributed by atoms with van der Waals surface area (Å²) in [5.41, 5.74) is 6.78. The SMILES string of the molecule is CC(C)CC(N)c1ccc(O)c(Cl)c1Cl. The molecule has 0 fully saturated rings. The average Bonchev–Trinajstić information content (AvgIpc) is 2.13. The van der Waals surface area contributed by atoms with Crippen molar-refractivity contribution in [1.82, 2.24) is 0 Å². The molecule has 0 saturated carbocycles. The second kappa shape index (κ2) is 5.06. The predicted octanol–water partition coefficient (Wildman–Crippen LogP) is 3.74. The number of halogens is 2. The van der Waals surface area contributed by atoms with Gasteiger partial charge in [0.15, 0.2) is 0 Å². The Labute approximate surface area is 100.0 Å². The van der Waals surface area contributed by atoms with E-state index in [0.29, 0.717) is 10.9 Å². The van der Waals surface area contributed by atoms with Crippen LogP contribution in [0, 0.1) is 5.92 Å². The third-order valence-corrected chi connectivity index (χ3v) is 3.10. The van der Waals surface area contributed by atoms with Crippen LogP contribution in [0.25, 0.3) is 0 Å². The topological polar surface area (TPSA) is 46.2 Å². The fourth-order valence-corrected chi connectivity index (χ4v) is 1.95. The van der Waals surface area contributed by atoms with E-state index in [9.17, 15) is 5.11 Å². The first-order valence-corrected chi connectivity index (χ1v) is 5.61. The Bertz CT molecular complexity index is 353. The molecule has 0 saturated heterocycles. The predicted molar refractivity (Wildman–Crippen MR) is 64.5 cm³/mol. The molecule has 15 heavy (non-hydrogen) atoms. The monoisotopic (exact) mass is 247 g/mol. The van der Waals surface area contributed by atoms with E-state index in [4.69, 9.17) is 28.9 Å². The van der Waals surface area contributed by atoms with Crippen LogP contribution in [0.1, 0.15) is 31.9 Å². The average molecular weight is 248 g/mol. The van der Waals surface area contributed by atoms with E-state index in [1.54, 1.807) is 6.07 Å². The summed E-state index contributed by atoms with van der Waals surface area (Å²) in [6.45, 7) is 4.19. The molecule has 0 aromatic heterocycles. The summed E-state index contributed by atoms with van der Waals surface area (Å²) in [4.78, 5) is 0. The number of nitrogens with two attached hydrogens (primary N) is 1. The van der Waals surface area contributed by atoms with E-state index >= 15 is 0 Å². The molecule has 0 amide bonds. The van der Waals surface area contributed by atoms with Crippen molar-refractivity contribution in [1.29, 1.82) is 0 Å². The number of phenols is 1. The normalized spacial score (nSPS) is 13.2. The minimum Gasteiger partial charge on any atom is -0.506 e. The molecule has 1 aromatic carbocycles. The Balaban J connectivity index is 3.00. The van der Waals surface area contributed by atoms with Gasteiger partial charge in [-0.25, -0.2) is 0 Å². The summed E-state index contributed by atoms with van der Waals surface area (Å²) >= 11 is 11.8. The third-order valence-electron chi connectivity index (χ3n) is 2.22. The van der Waals surface area contributed by atoms with Crippen molar-refractivity contribution in [2.24, 2.45) is 11.7 Å². The Morgan fingerprint density at radius 2 is 1.87 bits per heavy atom. The van der Waals surface area contributed by atoms with Crippen molar-refractivity contribution in [3.8, 4) is 5.75 Å². The fraction of sp³-hybridized carbons (Fsp3) is 0.455.